The van der Waals surface area contributed by atoms with Gasteiger partial charge in [0.25, 0.3) is 0 Å². The van der Waals surface area contributed by atoms with Crippen molar-refractivity contribution >= 4 is 0 Å². The van der Waals surface area contributed by atoms with Crippen LogP contribution in [0, 0.1) is 23.7 Å². The Morgan fingerprint density at radius 1 is 0.455 bits per heavy atom. The lowest BCUT2D eigenvalue weighted by atomic mass is 9.66. The van der Waals surface area contributed by atoms with Crippen molar-refractivity contribution in [3.63, 3.8) is 0 Å². The number of rotatable bonds is 0. The average Bonchev–Trinajstić information content (AvgIpc) is 1.98. The molecule has 0 aromatic heterocycles. The van der Waals surface area contributed by atoms with Gasteiger partial charge in [-0.1, -0.05) is 0 Å². The van der Waals surface area contributed by atoms with Gasteiger partial charge in [-0.2, -0.15) is 0 Å². The lowest BCUT2D eigenvalue weighted by molar-refractivity contribution is 0.117. The second kappa shape index (κ2) is 2.24. The van der Waals surface area contributed by atoms with Gasteiger partial charge in [-0.3, -0.25) is 0 Å². The van der Waals surface area contributed by atoms with E-state index in [1.807, 2.05) is 0 Å². The Morgan fingerprint density at radius 2 is 0.818 bits per heavy atom. The molecule has 0 aromatic rings. The number of hydrogen-bond donors (Lipinski definition) is 0. The summed E-state index contributed by atoms with van der Waals surface area (Å²) in [6, 6.07) is 0. The summed E-state index contributed by atoms with van der Waals surface area (Å²) in [6.07, 6.45) is 11.1. The Morgan fingerprint density at radius 3 is 1.18 bits per heavy atom. The van der Waals surface area contributed by atoms with Crippen LogP contribution in [-0.2, 0) is 0 Å². The molecule has 4 unspecified atom stereocenters. The van der Waals surface area contributed by atoms with Gasteiger partial charge in [0, 0.05) is 0 Å². The van der Waals surface area contributed by atoms with Gasteiger partial charge < -0.3 is 0 Å². The SMILES string of the molecule is C1CC2CCC2CC2CCC12. The monoisotopic (exact) mass is 150 g/mol. The molecule has 0 radical (unpaired) electrons. The number of hydrogen-bond acceptors (Lipinski definition) is 0. The molecule has 0 amide bonds. The zero-order valence-corrected chi connectivity index (χ0v) is 7.26. The standard InChI is InChI=1S/C11H18/c1-2-9-4-6-11(9)7-10-5-3-8(1)10/h8-11H,1-7H2. The predicted molar refractivity (Wildman–Crippen MR) is 46.3 cm³/mol. The van der Waals surface area contributed by atoms with Crippen molar-refractivity contribution < 1.29 is 0 Å². The van der Waals surface area contributed by atoms with Crippen molar-refractivity contribution in [2.45, 2.75) is 44.9 Å². The topological polar surface area (TPSA) is 0 Å². The van der Waals surface area contributed by atoms with E-state index in [1.54, 1.807) is 44.9 Å². The molecule has 3 saturated carbocycles. The highest BCUT2D eigenvalue weighted by atomic mass is 14.5. The first-order valence-corrected chi connectivity index (χ1v) is 5.43. The lowest BCUT2D eigenvalue weighted by Gasteiger charge is -2.39. The van der Waals surface area contributed by atoms with Crippen LogP contribution in [0.15, 0.2) is 0 Å². The van der Waals surface area contributed by atoms with E-state index in [0.29, 0.717) is 0 Å². The van der Waals surface area contributed by atoms with E-state index >= 15 is 0 Å². The summed E-state index contributed by atoms with van der Waals surface area (Å²) in [6.45, 7) is 0. The summed E-state index contributed by atoms with van der Waals surface area (Å²) >= 11 is 0. The molecule has 0 heterocycles. The first kappa shape index (κ1) is 6.51. The van der Waals surface area contributed by atoms with E-state index in [9.17, 15) is 0 Å². The molecule has 11 heavy (non-hydrogen) atoms. The molecular weight excluding hydrogens is 132 g/mol. The first-order valence-electron chi connectivity index (χ1n) is 5.43. The molecule has 0 bridgehead atoms. The van der Waals surface area contributed by atoms with E-state index < -0.39 is 0 Å². The molecule has 0 heteroatoms. The number of fused-ring (bicyclic) bond motifs is 2. The maximum Gasteiger partial charge on any atom is -0.0383 e. The summed E-state index contributed by atoms with van der Waals surface area (Å²) < 4.78 is 0. The van der Waals surface area contributed by atoms with Gasteiger partial charge in [0.1, 0.15) is 0 Å². The summed E-state index contributed by atoms with van der Waals surface area (Å²) in [5, 5.41) is 0. The fraction of sp³-hybridized carbons (Fsp3) is 1.00. The molecule has 4 atom stereocenters. The fourth-order valence-corrected chi connectivity index (χ4v) is 3.47. The van der Waals surface area contributed by atoms with Gasteiger partial charge >= 0.3 is 0 Å². The third-order valence-corrected chi connectivity index (χ3v) is 4.66. The Kier molecular flexibility index (Phi) is 1.33. The van der Waals surface area contributed by atoms with E-state index in [0.717, 1.165) is 0 Å². The molecule has 0 nitrogen and oxygen atoms in total. The molecule has 0 spiro atoms. The Balaban J connectivity index is 1.72. The second-order valence-corrected chi connectivity index (χ2v) is 5.01. The Hall–Kier alpha value is 0. The van der Waals surface area contributed by atoms with Crippen molar-refractivity contribution in [2.24, 2.45) is 23.7 Å². The van der Waals surface area contributed by atoms with Gasteiger partial charge in [-0.05, 0) is 68.6 Å². The molecule has 3 rings (SSSR count). The van der Waals surface area contributed by atoms with Crippen LogP contribution in [0.5, 0.6) is 0 Å². The van der Waals surface area contributed by atoms with Crippen LogP contribution in [0.1, 0.15) is 44.9 Å². The highest BCUT2D eigenvalue weighted by Gasteiger charge is 2.41. The minimum atomic E-state index is 1.18. The Labute approximate surface area is 69.4 Å². The van der Waals surface area contributed by atoms with Gasteiger partial charge in [0.15, 0.2) is 0 Å². The third kappa shape index (κ3) is 0.878. The van der Waals surface area contributed by atoms with Crippen molar-refractivity contribution in [1.29, 1.82) is 0 Å². The van der Waals surface area contributed by atoms with Crippen LogP contribution in [0.3, 0.4) is 0 Å². The normalized spacial score (nSPS) is 54.5. The fourth-order valence-electron chi connectivity index (χ4n) is 3.47. The smallest absolute Gasteiger partial charge is 0.0383 e. The lowest BCUT2D eigenvalue weighted by Crippen LogP contribution is -2.28. The van der Waals surface area contributed by atoms with E-state index in [2.05, 4.69) is 0 Å². The molecule has 0 saturated heterocycles. The van der Waals surface area contributed by atoms with Crippen LogP contribution in [-0.4, -0.2) is 0 Å². The van der Waals surface area contributed by atoms with Crippen molar-refractivity contribution in [3.8, 4) is 0 Å². The van der Waals surface area contributed by atoms with Crippen molar-refractivity contribution in [2.75, 3.05) is 0 Å². The zero-order valence-electron chi connectivity index (χ0n) is 7.26. The predicted octanol–water partition coefficient (Wildman–Crippen LogP) is 3.22. The van der Waals surface area contributed by atoms with Crippen molar-refractivity contribution in [1.82, 2.24) is 0 Å². The summed E-state index contributed by atoms with van der Waals surface area (Å²) in [4.78, 5) is 0. The minimum absolute atomic E-state index is 1.18. The molecule has 0 aliphatic heterocycles. The van der Waals surface area contributed by atoms with Gasteiger partial charge in [0.05, 0.1) is 0 Å². The second-order valence-electron chi connectivity index (χ2n) is 5.01. The van der Waals surface area contributed by atoms with E-state index in [1.165, 1.54) is 23.7 Å². The highest BCUT2D eigenvalue weighted by molar-refractivity contribution is 4.92. The van der Waals surface area contributed by atoms with Gasteiger partial charge in [-0.15, -0.1) is 0 Å². The van der Waals surface area contributed by atoms with Gasteiger partial charge in [0.2, 0.25) is 0 Å². The maximum absolute atomic E-state index is 1.62. The summed E-state index contributed by atoms with van der Waals surface area (Å²) in [5.41, 5.74) is 0. The molecule has 3 aliphatic rings. The maximum atomic E-state index is 1.62. The summed E-state index contributed by atoms with van der Waals surface area (Å²) in [5.74, 6) is 4.73. The first-order chi connectivity index (χ1) is 5.43. The molecule has 3 fully saturated rings. The van der Waals surface area contributed by atoms with Crippen LogP contribution in [0.25, 0.3) is 0 Å². The zero-order chi connectivity index (χ0) is 7.26. The molecule has 0 N–H and O–H groups in total. The van der Waals surface area contributed by atoms with Crippen LogP contribution < -0.4 is 0 Å². The largest absolute Gasteiger partial charge is 0.0499 e. The van der Waals surface area contributed by atoms with Crippen LogP contribution in [0.2, 0.25) is 0 Å². The third-order valence-electron chi connectivity index (χ3n) is 4.66. The Bertz CT molecular complexity index is 143. The molecule has 0 aromatic carbocycles. The van der Waals surface area contributed by atoms with Gasteiger partial charge in [-0.25, -0.2) is 0 Å². The quantitative estimate of drug-likeness (QED) is 0.497. The highest BCUT2D eigenvalue weighted by Crippen LogP contribution is 2.52. The van der Waals surface area contributed by atoms with Crippen molar-refractivity contribution in [3.05, 3.63) is 0 Å². The summed E-state index contributed by atoms with van der Waals surface area (Å²) in [7, 11) is 0. The molecule has 3 aliphatic carbocycles. The van der Waals surface area contributed by atoms with E-state index in [4.69, 9.17) is 0 Å². The minimum Gasteiger partial charge on any atom is -0.0499 e. The van der Waals surface area contributed by atoms with Crippen LogP contribution >= 0.6 is 0 Å². The molecule has 62 valence electrons. The van der Waals surface area contributed by atoms with E-state index in [-0.39, 0.29) is 0 Å². The van der Waals surface area contributed by atoms with Crippen LogP contribution in [0.4, 0.5) is 0 Å². The molecular formula is C11H18. The average molecular weight is 150 g/mol.